The van der Waals surface area contributed by atoms with Gasteiger partial charge in [-0.15, -0.1) is 0 Å². The fraction of sp³-hybridized carbons (Fsp3) is 0.462. The van der Waals surface area contributed by atoms with E-state index in [9.17, 15) is 9.59 Å². The number of fused-ring (bicyclic) bond motifs is 2. The second kappa shape index (κ2) is 7.70. The van der Waals surface area contributed by atoms with E-state index in [-0.39, 0.29) is 12.0 Å². The predicted octanol–water partition coefficient (Wildman–Crippen LogP) is 5.04. The molecule has 5 heteroatoms. The third kappa shape index (κ3) is 3.93. The molecule has 0 fully saturated rings. The third-order valence-electron chi connectivity index (χ3n) is 6.67. The van der Waals surface area contributed by atoms with Crippen molar-refractivity contribution in [3.05, 3.63) is 58.1 Å². The van der Waals surface area contributed by atoms with Gasteiger partial charge in [-0.25, -0.2) is 4.79 Å². The van der Waals surface area contributed by atoms with Crippen molar-refractivity contribution >= 4 is 12.0 Å². The van der Waals surface area contributed by atoms with Gasteiger partial charge in [0, 0.05) is 18.7 Å². The van der Waals surface area contributed by atoms with Gasteiger partial charge in [0.1, 0.15) is 5.60 Å². The summed E-state index contributed by atoms with van der Waals surface area (Å²) in [5.74, 6) is 0.477. The number of carbonyl (C=O) groups excluding carboxylic acids is 2. The molecule has 0 saturated heterocycles. The minimum atomic E-state index is -0.505. The maximum absolute atomic E-state index is 12.6. The lowest BCUT2D eigenvalue weighted by Gasteiger charge is -2.32. The summed E-state index contributed by atoms with van der Waals surface area (Å²) in [7, 11) is 0. The van der Waals surface area contributed by atoms with Crippen LogP contribution in [0.15, 0.2) is 30.3 Å². The molecule has 2 aromatic carbocycles. The van der Waals surface area contributed by atoms with Crippen LogP contribution >= 0.6 is 0 Å². The first kappa shape index (κ1) is 21.4. The molecule has 0 radical (unpaired) electrons. The van der Waals surface area contributed by atoms with Crippen molar-refractivity contribution < 1.29 is 14.3 Å². The first-order chi connectivity index (χ1) is 14.6. The van der Waals surface area contributed by atoms with Crippen LogP contribution in [0.25, 0.3) is 11.1 Å². The standard InChI is InChI=1S/C26H32N2O3/c1-15-13-22-21(24(27)29)10-9-20(23(22)16(15)2)19-8-6-7-17-14-28(12-11-18(17)19)25(30)31-26(3,4)5/h6-10,15-16H,11-14H2,1-5H3,(H2,27,29)/t15-,16+/m0/s1. The van der Waals surface area contributed by atoms with Crippen LogP contribution in [-0.2, 0) is 24.1 Å². The summed E-state index contributed by atoms with van der Waals surface area (Å²) >= 11 is 0. The van der Waals surface area contributed by atoms with E-state index in [2.05, 4.69) is 38.1 Å². The molecule has 2 amide bonds. The predicted molar refractivity (Wildman–Crippen MR) is 122 cm³/mol. The van der Waals surface area contributed by atoms with Crippen LogP contribution in [0.1, 0.15) is 73.1 Å². The number of rotatable bonds is 2. The molecule has 0 spiro atoms. The Bertz CT molecular complexity index is 1050. The molecule has 2 aromatic rings. The van der Waals surface area contributed by atoms with Crippen molar-refractivity contribution in [1.82, 2.24) is 4.90 Å². The number of hydrogen-bond donors (Lipinski definition) is 1. The zero-order chi connectivity index (χ0) is 22.5. The molecule has 0 unspecified atom stereocenters. The highest BCUT2D eigenvalue weighted by Gasteiger charge is 2.33. The van der Waals surface area contributed by atoms with Crippen LogP contribution in [-0.4, -0.2) is 29.0 Å². The number of primary amides is 1. The Morgan fingerprint density at radius 3 is 2.48 bits per heavy atom. The second-order valence-electron chi connectivity index (χ2n) is 9.98. The van der Waals surface area contributed by atoms with Crippen molar-refractivity contribution in [2.75, 3.05) is 6.54 Å². The molecule has 4 rings (SSSR count). The summed E-state index contributed by atoms with van der Waals surface area (Å²) in [5.41, 5.74) is 13.0. The number of benzene rings is 2. The summed E-state index contributed by atoms with van der Waals surface area (Å²) in [4.78, 5) is 26.4. The molecule has 31 heavy (non-hydrogen) atoms. The Morgan fingerprint density at radius 2 is 1.81 bits per heavy atom. The van der Waals surface area contributed by atoms with Gasteiger partial charge in [0.05, 0.1) is 0 Å². The molecule has 1 aliphatic heterocycles. The van der Waals surface area contributed by atoms with E-state index in [1.807, 2.05) is 26.8 Å². The van der Waals surface area contributed by atoms with E-state index in [1.165, 1.54) is 22.3 Å². The van der Waals surface area contributed by atoms with Gasteiger partial charge in [0.2, 0.25) is 5.91 Å². The minimum Gasteiger partial charge on any atom is -0.444 e. The number of nitrogens with zero attached hydrogens (tertiary/aromatic N) is 1. The van der Waals surface area contributed by atoms with Crippen molar-refractivity contribution in [2.45, 2.75) is 65.5 Å². The summed E-state index contributed by atoms with van der Waals surface area (Å²) < 4.78 is 5.57. The summed E-state index contributed by atoms with van der Waals surface area (Å²) in [6.07, 6.45) is 1.39. The van der Waals surface area contributed by atoms with Gasteiger partial charge in [-0.3, -0.25) is 4.79 Å². The smallest absolute Gasteiger partial charge is 0.410 e. The average molecular weight is 421 g/mol. The fourth-order valence-corrected chi connectivity index (χ4v) is 5.00. The monoisotopic (exact) mass is 420 g/mol. The molecule has 0 aromatic heterocycles. The Hall–Kier alpha value is -2.82. The Balaban J connectivity index is 1.73. The van der Waals surface area contributed by atoms with Gasteiger partial charge < -0.3 is 15.4 Å². The topological polar surface area (TPSA) is 72.6 Å². The van der Waals surface area contributed by atoms with E-state index in [1.54, 1.807) is 4.90 Å². The van der Waals surface area contributed by atoms with Gasteiger partial charge >= 0.3 is 6.09 Å². The van der Waals surface area contributed by atoms with Crippen LogP contribution in [0.5, 0.6) is 0 Å². The molecule has 0 bridgehead atoms. The zero-order valence-electron chi connectivity index (χ0n) is 19.1. The lowest BCUT2D eigenvalue weighted by Crippen LogP contribution is -2.40. The molecule has 2 atom stereocenters. The van der Waals surface area contributed by atoms with Crippen molar-refractivity contribution in [2.24, 2.45) is 11.7 Å². The Labute approximate surface area is 184 Å². The van der Waals surface area contributed by atoms with Crippen LogP contribution in [0, 0.1) is 5.92 Å². The fourth-order valence-electron chi connectivity index (χ4n) is 5.00. The lowest BCUT2D eigenvalue weighted by atomic mass is 9.84. The van der Waals surface area contributed by atoms with Crippen molar-refractivity contribution in [3.8, 4) is 11.1 Å². The molecule has 2 aliphatic rings. The normalized spacial score (nSPS) is 20.2. The highest BCUT2D eigenvalue weighted by Crippen LogP contribution is 2.45. The number of carbonyl (C=O) groups is 2. The van der Waals surface area contributed by atoms with Crippen LogP contribution in [0.2, 0.25) is 0 Å². The van der Waals surface area contributed by atoms with E-state index >= 15 is 0 Å². The molecular formula is C26H32N2O3. The van der Waals surface area contributed by atoms with Crippen LogP contribution < -0.4 is 5.73 Å². The van der Waals surface area contributed by atoms with Crippen molar-refractivity contribution in [1.29, 1.82) is 0 Å². The van der Waals surface area contributed by atoms with Crippen LogP contribution in [0.4, 0.5) is 4.79 Å². The van der Waals surface area contributed by atoms with E-state index in [0.29, 0.717) is 30.5 Å². The molecule has 2 N–H and O–H groups in total. The number of ether oxygens (including phenoxy) is 1. The highest BCUT2D eigenvalue weighted by molar-refractivity contribution is 5.96. The van der Waals surface area contributed by atoms with Gasteiger partial charge in [-0.2, -0.15) is 0 Å². The molecule has 0 saturated carbocycles. The number of hydrogen-bond acceptors (Lipinski definition) is 3. The Morgan fingerprint density at radius 1 is 1.06 bits per heavy atom. The third-order valence-corrected chi connectivity index (χ3v) is 6.67. The first-order valence-corrected chi connectivity index (χ1v) is 11.1. The quantitative estimate of drug-likeness (QED) is 0.740. The average Bonchev–Trinajstić information content (AvgIpc) is 2.99. The van der Waals surface area contributed by atoms with Gasteiger partial charge in [0.15, 0.2) is 0 Å². The molecule has 5 nitrogen and oxygen atoms in total. The Kier molecular flexibility index (Phi) is 5.32. The van der Waals surface area contributed by atoms with E-state index in [0.717, 1.165) is 24.0 Å². The first-order valence-electron chi connectivity index (χ1n) is 11.1. The SMILES string of the molecule is C[C@H]1Cc2c(C(N)=O)ccc(-c3cccc4c3CCN(C(=O)OC(C)(C)C)C4)c2[C@@H]1C. The summed E-state index contributed by atoms with van der Waals surface area (Å²) in [6.45, 7) is 11.3. The maximum atomic E-state index is 12.6. The number of nitrogens with two attached hydrogens (primary N) is 1. The van der Waals surface area contributed by atoms with E-state index in [4.69, 9.17) is 10.5 Å². The zero-order valence-corrected chi connectivity index (χ0v) is 19.1. The largest absolute Gasteiger partial charge is 0.444 e. The minimum absolute atomic E-state index is 0.266. The summed E-state index contributed by atoms with van der Waals surface area (Å²) in [6, 6.07) is 10.3. The second-order valence-corrected chi connectivity index (χ2v) is 9.98. The van der Waals surface area contributed by atoms with Gasteiger partial charge in [-0.05, 0) is 84.9 Å². The van der Waals surface area contributed by atoms with Crippen molar-refractivity contribution in [3.63, 3.8) is 0 Å². The highest BCUT2D eigenvalue weighted by atomic mass is 16.6. The van der Waals surface area contributed by atoms with E-state index < -0.39 is 5.60 Å². The van der Waals surface area contributed by atoms with Gasteiger partial charge in [0.25, 0.3) is 0 Å². The molecule has 164 valence electrons. The molecule has 1 heterocycles. The van der Waals surface area contributed by atoms with Gasteiger partial charge in [-0.1, -0.05) is 38.1 Å². The maximum Gasteiger partial charge on any atom is 0.410 e. The molecule has 1 aliphatic carbocycles. The number of amides is 2. The summed E-state index contributed by atoms with van der Waals surface area (Å²) in [5, 5.41) is 0. The van der Waals surface area contributed by atoms with Crippen LogP contribution in [0.3, 0.4) is 0 Å². The molecular weight excluding hydrogens is 388 g/mol. The lowest BCUT2D eigenvalue weighted by molar-refractivity contribution is 0.0224.